The second kappa shape index (κ2) is 13.9. The lowest BCUT2D eigenvalue weighted by Crippen LogP contribution is -2.35. The number of aryl methyl sites for hydroxylation is 1. The van der Waals surface area contributed by atoms with Gasteiger partial charge in [-0.2, -0.15) is 5.10 Å². The molecule has 2 N–H and O–H groups in total. The van der Waals surface area contributed by atoms with Crippen LogP contribution in [0.4, 0.5) is 13.6 Å². The molecule has 0 atom stereocenters. The highest BCUT2D eigenvalue weighted by molar-refractivity contribution is 5.97. The highest BCUT2D eigenvalue weighted by atomic mass is 19.3. The normalized spacial score (nSPS) is 11.4. The molecule has 0 saturated carbocycles. The number of urea groups is 1. The van der Waals surface area contributed by atoms with Gasteiger partial charge in [-0.25, -0.2) is 13.6 Å². The molecule has 0 saturated heterocycles. The number of hydrogen-bond donors (Lipinski definition) is 2. The number of hydrogen-bond acceptors (Lipinski definition) is 6. The van der Waals surface area contributed by atoms with Gasteiger partial charge >= 0.3 is 6.03 Å². The summed E-state index contributed by atoms with van der Waals surface area (Å²) >= 11 is 0. The summed E-state index contributed by atoms with van der Waals surface area (Å²) < 4.78 is 41.9. The molecule has 3 aromatic rings. The van der Waals surface area contributed by atoms with Gasteiger partial charge in [0.15, 0.2) is 5.78 Å². The van der Waals surface area contributed by atoms with E-state index in [4.69, 9.17) is 9.47 Å². The molecule has 216 valence electrons. The number of carbonyl (C=O) groups excluding carboxylic acids is 2. The smallest absolute Gasteiger partial charge is 0.314 e. The first-order valence-electron chi connectivity index (χ1n) is 12.9. The van der Waals surface area contributed by atoms with Crippen LogP contribution in [0.3, 0.4) is 0 Å². The van der Waals surface area contributed by atoms with Crippen molar-refractivity contribution in [3.63, 3.8) is 0 Å². The number of nitrogens with one attached hydrogen (secondary N) is 2. The number of ether oxygens (including phenoxy) is 2. The number of aromatic nitrogens is 3. The van der Waals surface area contributed by atoms with Crippen molar-refractivity contribution in [3.8, 4) is 16.9 Å². The summed E-state index contributed by atoms with van der Waals surface area (Å²) in [6, 6.07) is 8.61. The number of pyridine rings is 1. The van der Waals surface area contributed by atoms with E-state index in [1.54, 1.807) is 43.0 Å². The standard InChI is InChI=1S/C28H35F2N5O5/c1-19-22(24-10-11-33-34(24)4)18-23(26(37)35(19)21-8-5-7-20(17-21)28(2,29)30)25(36)9-6-13-39-15-16-40-14-12-32-27(38)31-3/h5,7-8,10-11,17-18H,6,9,12-16H2,1-4H3,(H2,31,32,38). The van der Waals surface area contributed by atoms with Crippen LogP contribution in [0.1, 0.15) is 41.4 Å². The zero-order chi connectivity index (χ0) is 29.3. The number of halogens is 2. The molecule has 0 aliphatic heterocycles. The maximum atomic E-state index is 14.1. The lowest BCUT2D eigenvalue weighted by atomic mass is 10.0. The molecule has 1 aromatic carbocycles. The lowest BCUT2D eigenvalue weighted by Gasteiger charge is -2.18. The average molecular weight is 560 g/mol. The molecule has 40 heavy (non-hydrogen) atoms. The molecule has 2 amide bonds. The zero-order valence-corrected chi connectivity index (χ0v) is 23.1. The molecule has 0 radical (unpaired) electrons. The van der Waals surface area contributed by atoms with Crippen molar-refractivity contribution in [2.45, 2.75) is 32.6 Å². The van der Waals surface area contributed by atoms with Crippen LogP contribution in [0.5, 0.6) is 0 Å². The average Bonchev–Trinajstić information content (AvgIpc) is 3.34. The van der Waals surface area contributed by atoms with E-state index in [1.165, 1.54) is 29.8 Å². The van der Waals surface area contributed by atoms with Gasteiger partial charge in [0.05, 0.1) is 31.1 Å². The number of carbonyl (C=O) groups is 2. The Bertz CT molecular complexity index is 1380. The van der Waals surface area contributed by atoms with Gasteiger partial charge in [-0.15, -0.1) is 0 Å². The third-order valence-electron chi connectivity index (χ3n) is 6.28. The van der Waals surface area contributed by atoms with Gasteiger partial charge in [0, 0.05) is 69.3 Å². The fraction of sp³-hybridized carbons (Fsp3) is 0.429. The molecule has 0 aliphatic rings. The number of ketones is 1. The summed E-state index contributed by atoms with van der Waals surface area (Å²) in [4.78, 5) is 37.8. The summed E-state index contributed by atoms with van der Waals surface area (Å²) in [5.74, 6) is -3.47. The molecule has 0 bridgehead atoms. The maximum Gasteiger partial charge on any atom is 0.314 e. The van der Waals surface area contributed by atoms with Crippen molar-refractivity contribution in [2.24, 2.45) is 7.05 Å². The molecule has 10 nitrogen and oxygen atoms in total. The van der Waals surface area contributed by atoms with Crippen molar-refractivity contribution in [1.82, 2.24) is 25.0 Å². The van der Waals surface area contributed by atoms with Crippen LogP contribution in [0.15, 0.2) is 47.4 Å². The van der Waals surface area contributed by atoms with Crippen molar-refractivity contribution in [3.05, 3.63) is 69.8 Å². The fourth-order valence-electron chi connectivity index (χ4n) is 4.15. The van der Waals surface area contributed by atoms with Crippen LogP contribution < -0.4 is 16.2 Å². The van der Waals surface area contributed by atoms with Crippen LogP contribution in [0.2, 0.25) is 0 Å². The maximum absolute atomic E-state index is 14.1. The van der Waals surface area contributed by atoms with Gasteiger partial charge in [0.25, 0.3) is 11.5 Å². The van der Waals surface area contributed by atoms with E-state index in [0.29, 0.717) is 49.7 Å². The fourth-order valence-corrected chi connectivity index (χ4v) is 4.15. The Hall–Kier alpha value is -3.90. The molecule has 2 aromatic heterocycles. The van der Waals surface area contributed by atoms with Gasteiger partial charge in [0.1, 0.15) is 0 Å². The molecular weight excluding hydrogens is 524 g/mol. The van der Waals surface area contributed by atoms with Gasteiger partial charge in [-0.05, 0) is 37.6 Å². The number of benzene rings is 1. The van der Waals surface area contributed by atoms with Crippen molar-refractivity contribution < 1.29 is 27.8 Å². The van der Waals surface area contributed by atoms with Gasteiger partial charge in [0.2, 0.25) is 0 Å². The Morgan fingerprint density at radius 1 is 1.07 bits per heavy atom. The third-order valence-corrected chi connectivity index (χ3v) is 6.28. The van der Waals surface area contributed by atoms with E-state index in [2.05, 4.69) is 15.7 Å². The van der Waals surface area contributed by atoms with Crippen molar-refractivity contribution >= 4 is 11.8 Å². The molecule has 0 fully saturated rings. The van der Waals surface area contributed by atoms with E-state index < -0.39 is 11.5 Å². The monoisotopic (exact) mass is 559 g/mol. The Morgan fingerprint density at radius 2 is 1.80 bits per heavy atom. The van der Waals surface area contributed by atoms with Crippen LogP contribution in [0, 0.1) is 6.92 Å². The van der Waals surface area contributed by atoms with Crippen LogP contribution in [0.25, 0.3) is 16.9 Å². The molecule has 0 aliphatic carbocycles. The minimum Gasteiger partial charge on any atom is -0.379 e. The van der Waals surface area contributed by atoms with Crippen LogP contribution >= 0.6 is 0 Å². The third kappa shape index (κ3) is 7.82. The number of nitrogens with zero attached hydrogens (tertiary/aromatic N) is 3. The minimum absolute atomic E-state index is 0.0394. The van der Waals surface area contributed by atoms with E-state index in [0.717, 1.165) is 6.92 Å². The Morgan fingerprint density at radius 3 is 2.45 bits per heavy atom. The topological polar surface area (TPSA) is 116 Å². The highest BCUT2D eigenvalue weighted by Gasteiger charge is 2.26. The molecule has 2 heterocycles. The van der Waals surface area contributed by atoms with Crippen molar-refractivity contribution in [2.75, 3.05) is 40.0 Å². The lowest BCUT2D eigenvalue weighted by molar-refractivity contribution is 0.0174. The van der Waals surface area contributed by atoms with Gasteiger partial charge < -0.3 is 20.1 Å². The Kier molecular flexibility index (Phi) is 10.7. The molecular formula is C28H35F2N5O5. The Balaban J connectivity index is 1.73. The summed E-state index contributed by atoms with van der Waals surface area (Å²) in [5.41, 5.74) is 1.15. The van der Waals surface area contributed by atoms with Crippen LogP contribution in [-0.2, 0) is 22.4 Å². The quantitative estimate of drug-likeness (QED) is 0.230. The largest absolute Gasteiger partial charge is 0.379 e. The second-order valence-corrected chi connectivity index (χ2v) is 9.23. The van der Waals surface area contributed by atoms with Gasteiger partial charge in [-0.3, -0.25) is 18.8 Å². The van der Waals surface area contributed by atoms with E-state index >= 15 is 0 Å². The molecule has 0 spiro atoms. The number of amides is 2. The summed E-state index contributed by atoms with van der Waals surface area (Å²) in [6.45, 7) is 4.14. The first-order valence-corrected chi connectivity index (χ1v) is 12.9. The van der Waals surface area contributed by atoms with Gasteiger partial charge in [-0.1, -0.05) is 12.1 Å². The first kappa shape index (κ1) is 30.6. The van der Waals surface area contributed by atoms with E-state index in [9.17, 15) is 23.2 Å². The molecule has 0 unspecified atom stereocenters. The predicted octanol–water partition coefficient (Wildman–Crippen LogP) is 3.58. The van der Waals surface area contributed by atoms with Crippen molar-refractivity contribution in [1.29, 1.82) is 0 Å². The molecule has 12 heteroatoms. The van der Waals surface area contributed by atoms with E-state index in [1.807, 2.05) is 0 Å². The predicted molar refractivity (Wildman–Crippen MR) is 146 cm³/mol. The highest BCUT2D eigenvalue weighted by Crippen LogP contribution is 2.30. The molecule has 3 rings (SSSR count). The van der Waals surface area contributed by atoms with Crippen LogP contribution in [-0.4, -0.2) is 66.2 Å². The first-order chi connectivity index (χ1) is 19.0. The number of alkyl halides is 2. The number of Topliss-reactive ketones (excluding diaryl/α,β-unsaturated/α-hetero) is 1. The summed E-state index contributed by atoms with van der Waals surface area (Å²) in [6.07, 6.45) is 2.04. The SMILES string of the molecule is CNC(=O)NCCOCCOCCCC(=O)c1cc(-c2ccnn2C)c(C)n(-c2cccc(C(C)(F)F)c2)c1=O. The Labute approximate surface area is 231 Å². The summed E-state index contributed by atoms with van der Waals surface area (Å²) in [5, 5.41) is 9.23. The second-order valence-electron chi connectivity index (χ2n) is 9.23. The number of rotatable bonds is 14. The summed E-state index contributed by atoms with van der Waals surface area (Å²) in [7, 11) is 3.27. The zero-order valence-electron chi connectivity index (χ0n) is 23.1. The minimum atomic E-state index is -3.10. The van der Waals surface area contributed by atoms with E-state index in [-0.39, 0.29) is 41.7 Å².